The molecule has 1 atom stereocenters. The molecule has 76 valence electrons. The number of nitrogens with one attached hydrogen (secondary N) is 2. The van der Waals surface area contributed by atoms with Gasteiger partial charge in [-0.3, -0.25) is 0 Å². The molecule has 1 heterocycles. The Morgan fingerprint density at radius 1 is 1.46 bits per heavy atom. The van der Waals surface area contributed by atoms with E-state index in [0.717, 1.165) is 25.8 Å². The summed E-state index contributed by atoms with van der Waals surface area (Å²) in [5.41, 5.74) is -0.124. The van der Waals surface area contributed by atoms with Crippen LogP contribution in [0.4, 0.5) is 0 Å². The Labute approximate surface area is 79.1 Å². The zero-order chi connectivity index (χ0) is 9.53. The lowest BCUT2D eigenvalue weighted by molar-refractivity contribution is 0.545. The lowest BCUT2D eigenvalue weighted by atomic mass is 10.4. The quantitative estimate of drug-likeness (QED) is 0.670. The molecule has 4 nitrogen and oxygen atoms in total. The summed E-state index contributed by atoms with van der Waals surface area (Å²) in [6.45, 7) is 3.39. The van der Waals surface area contributed by atoms with Crippen LogP contribution in [0.2, 0.25) is 0 Å². The maximum atomic E-state index is 11.7. The van der Waals surface area contributed by atoms with Crippen LogP contribution in [0.15, 0.2) is 0 Å². The molecule has 2 N–H and O–H groups in total. The number of hydrogen-bond donors (Lipinski definition) is 2. The summed E-state index contributed by atoms with van der Waals surface area (Å²) in [5, 5.41) is 2.85. The molecule has 0 aromatic heterocycles. The molecule has 1 unspecified atom stereocenters. The third kappa shape index (κ3) is 2.03. The minimum atomic E-state index is -3.07. The van der Waals surface area contributed by atoms with Crippen molar-refractivity contribution < 1.29 is 8.42 Å². The highest BCUT2D eigenvalue weighted by Crippen LogP contribution is 2.35. The Hall–Kier alpha value is -0.130. The maximum absolute atomic E-state index is 11.7. The van der Waals surface area contributed by atoms with E-state index in [1.807, 2.05) is 6.92 Å². The zero-order valence-electron chi connectivity index (χ0n) is 7.84. The van der Waals surface area contributed by atoms with Gasteiger partial charge < -0.3 is 5.32 Å². The molecule has 2 fully saturated rings. The van der Waals surface area contributed by atoms with Crippen molar-refractivity contribution in [3.63, 3.8) is 0 Å². The van der Waals surface area contributed by atoms with E-state index in [-0.39, 0.29) is 10.8 Å². The van der Waals surface area contributed by atoms with Crippen LogP contribution in [0.5, 0.6) is 0 Å². The van der Waals surface area contributed by atoms with Crippen LogP contribution in [-0.2, 0) is 10.0 Å². The molecule has 5 heteroatoms. The minimum absolute atomic E-state index is 0.124. The molecule has 1 saturated carbocycles. The summed E-state index contributed by atoms with van der Waals surface area (Å²) >= 11 is 0. The van der Waals surface area contributed by atoms with Crippen molar-refractivity contribution >= 4 is 10.0 Å². The second-order valence-electron chi connectivity index (χ2n) is 4.32. The van der Waals surface area contributed by atoms with E-state index in [4.69, 9.17) is 0 Å². The summed E-state index contributed by atoms with van der Waals surface area (Å²) in [6.07, 6.45) is 2.70. The number of sulfonamides is 1. The zero-order valence-corrected chi connectivity index (χ0v) is 8.65. The number of rotatable bonds is 3. The standard InChI is InChI=1S/C8H16N2O2S/c1-8(3-4-8)10-13(11,12)7-2-5-9-6-7/h7,9-10H,2-6H2,1H3. The Bertz CT molecular complexity index is 289. The second-order valence-corrected chi connectivity index (χ2v) is 6.28. The molecule has 0 amide bonds. The Kier molecular flexibility index (Phi) is 2.13. The van der Waals surface area contributed by atoms with Gasteiger partial charge in [0.25, 0.3) is 0 Å². The van der Waals surface area contributed by atoms with E-state index in [0.29, 0.717) is 6.54 Å². The van der Waals surface area contributed by atoms with Gasteiger partial charge in [-0.05, 0) is 32.7 Å². The summed E-state index contributed by atoms with van der Waals surface area (Å²) in [5.74, 6) is 0. The van der Waals surface area contributed by atoms with E-state index >= 15 is 0 Å². The lowest BCUT2D eigenvalue weighted by Crippen LogP contribution is -2.41. The largest absolute Gasteiger partial charge is 0.315 e. The first-order valence-electron chi connectivity index (χ1n) is 4.75. The highest BCUT2D eigenvalue weighted by Gasteiger charge is 2.43. The molecule has 0 aromatic carbocycles. The first-order chi connectivity index (χ1) is 6.02. The van der Waals surface area contributed by atoms with Crippen LogP contribution in [-0.4, -0.2) is 32.3 Å². The van der Waals surface area contributed by atoms with E-state index in [1.54, 1.807) is 0 Å². The predicted molar refractivity (Wildman–Crippen MR) is 51.0 cm³/mol. The molecular formula is C8H16N2O2S. The van der Waals surface area contributed by atoms with E-state index in [2.05, 4.69) is 10.0 Å². The van der Waals surface area contributed by atoms with E-state index in [1.165, 1.54) is 0 Å². The first-order valence-corrected chi connectivity index (χ1v) is 6.30. The maximum Gasteiger partial charge on any atom is 0.216 e. The highest BCUT2D eigenvalue weighted by atomic mass is 32.2. The number of hydrogen-bond acceptors (Lipinski definition) is 3. The second kappa shape index (κ2) is 2.93. The molecule has 0 aromatic rings. The summed E-state index contributed by atoms with van der Waals surface area (Å²) in [6, 6.07) is 0. The lowest BCUT2D eigenvalue weighted by Gasteiger charge is -2.16. The molecule has 1 saturated heterocycles. The van der Waals surface area contributed by atoms with Gasteiger partial charge in [0.15, 0.2) is 0 Å². The topological polar surface area (TPSA) is 58.2 Å². The van der Waals surface area contributed by atoms with Crippen molar-refractivity contribution in [2.45, 2.75) is 37.0 Å². The van der Waals surface area contributed by atoms with Crippen LogP contribution in [0, 0.1) is 0 Å². The van der Waals surface area contributed by atoms with Gasteiger partial charge in [-0.2, -0.15) is 0 Å². The van der Waals surface area contributed by atoms with Crippen LogP contribution >= 0.6 is 0 Å². The van der Waals surface area contributed by atoms with E-state index in [9.17, 15) is 8.42 Å². The minimum Gasteiger partial charge on any atom is -0.315 e. The Balaban J connectivity index is 2.02. The van der Waals surface area contributed by atoms with Crippen molar-refractivity contribution in [1.29, 1.82) is 0 Å². The van der Waals surface area contributed by atoms with Crippen molar-refractivity contribution in [3.8, 4) is 0 Å². The fourth-order valence-electron chi connectivity index (χ4n) is 1.61. The van der Waals surface area contributed by atoms with Gasteiger partial charge in [-0.25, -0.2) is 13.1 Å². The molecule has 1 aliphatic heterocycles. The Morgan fingerprint density at radius 2 is 2.15 bits per heavy atom. The normalized spacial score (nSPS) is 31.9. The van der Waals surface area contributed by atoms with Crippen LogP contribution in [0.1, 0.15) is 26.2 Å². The van der Waals surface area contributed by atoms with Gasteiger partial charge in [-0.15, -0.1) is 0 Å². The highest BCUT2D eigenvalue weighted by molar-refractivity contribution is 7.90. The van der Waals surface area contributed by atoms with Crippen LogP contribution < -0.4 is 10.0 Å². The fraction of sp³-hybridized carbons (Fsp3) is 1.00. The fourth-order valence-corrected chi connectivity index (χ4v) is 3.43. The summed E-state index contributed by atoms with van der Waals surface area (Å²) < 4.78 is 26.3. The molecule has 2 aliphatic rings. The molecule has 2 rings (SSSR count). The molecule has 0 spiro atoms. The molecular weight excluding hydrogens is 188 g/mol. The average Bonchev–Trinajstić information content (AvgIpc) is 2.53. The van der Waals surface area contributed by atoms with Gasteiger partial charge in [0.05, 0.1) is 5.25 Å². The van der Waals surface area contributed by atoms with Gasteiger partial charge >= 0.3 is 0 Å². The third-order valence-corrected chi connectivity index (χ3v) is 4.90. The summed E-state index contributed by atoms with van der Waals surface area (Å²) in [4.78, 5) is 0. The molecule has 1 aliphatic carbocycles. The molecule has 0 radical (unpaired) electrons. The van der Waals surface area contributed by atoms with Crippen molar-refractivity contribution in [2.75, 3.05) is 13.1 Å². The van der Waals surface area contributed by atoms with Gasteiger partial charge in [-0.1, -0.05) is 0 Å². The Morgan fingerprint density at radius 3 is 2.62 bits per heavy atom. The average molecular weight is 204 g/mol. The van der Waals surface area contributed by atoms with Crippen LogP contribution in [0.25, 0.3) is 0 Å². The van der Waals surface area contributed by atoms with Gasteiger partial charge in [0, 0.05) is 12.1 Å². The van der Waals surface area contributed by atoms with Crippen LogP contribution in [0.3, 0.4) is 0 Å². The monoisotopic (exact) mass is 204 g/mol. The van der Waals surface area contributed by atoms with E-state index < -0.39 is 10.0 Å². The molecule has 13 heavy (non-hydrogen) atoms. The van der Waals surface area contributed by atoms with Gasteiger partial charge in [0.1, 0.15) is 0 Å². The molecule has 0 bridgehead atoms. The SMILES string of the molecule is CC1(NS(=O)(=O)C2CCNC2)CC1. The third-order valence-electron chi connectivity index (χ3n) is 2.84. The van der Waals surface area contributed by atoms with Crippen molar-refractivity contribution in [3.05, 3.63) is 0 Å². The predicted octanol–water partition coefficient (Wildman–Crippen LogP) is -0.180. The van der Waals surface area contributed by atoms with Gasteiger partial charge in [0.2, 0.25) is 10.0 Å². The first kappa shape index (κ1) is 9.43. The smallest absolute Gasteiger partial charge is 0.216 e. The van der Waals surface area contributed by atoms with Crippen molar-refractivity contribution in [1.82, 2.24) is 10.0 Å². The summed E-state index contributed by atoms with van der Waals surface area (Å²) in [7, 11) is -3.07. The van der Waals surface area contributed by atoms with Crippen molar-refractivity contribution in [2.24, 2.45) is 0 Å².